The largest absolute Gasteiger partial charge is 0.371 e. The van der Waals surface area contributed by atoms with Gasteiger partial charge in [0.2, 0.25) is 0 Å². The van der Waals surface area contributed by atoms with Gasteiger partial charge in [0.05, 0.1) is 6.10 Å². The van der Waals surface area contributed by atoms with Crippen molar-refractivity contribution in [3.05, 3.63) is 0 Å². The minimum absolute atomic E-state index is 0.0610. The summed E-state index contributed by atoms with van der Waals surface area (Å²) in [6.07, 6.45) is 5.06. The zero-order chi connectivity index (χ0) is 11.8. The molecule has 2 aliphatic rings. The zero-order valence-electron chi connectivity index (χ0n) is 10.2. The van der Waals surface area contributed by atoms with E-state index in [-0.39, 0.29) is 24.2 Å². The monoisotopic (exact) mass is 226 g/mol. The zero-order valence-corrected chi connectivity index (χ0v) is 10.2. The highest BCUT2D eigenvalue weighted by molar-refractivity contribution is 5.83. The molecule has 0 bridgehead atoms. The van der Waals surface area contributed by atoms with Gasteiger partial charge in [-0.25, -0.2) is 0 Å². The lowest BCUT2D eigenvalue weighted by Gasteiger charge is -2.41. The van der Waals surface area contributed by atoms with E-state index in [4.69, 9.17) is 9.84 Å². The summed E-state index contributed by atoms with van der Waals surface area (Å²) in [5.74, 6) is 1.12. The first kappa shape index (κ1) is 12.1. The van der Waals surface area contributed by atoms with Crippen molar-refractivity contribution in [2.24, 2.45) is 17.3 Å². The van der Waals surface area contributed by atoms with Gasteiger partial charge in [0, 0.05) is 12.3 Å². The Bertz CT molecular complexity index is 276. The molecule has 0 unspecified atom stereocenters. The summed E-state index contributed by atoms with van der Waals surface area (Å²) in [5, 5.41) is 8.84. The van der Waals surface area contributed by atoms with Gasteiger partial charge < -0.3 is 9.84 Å². The van der Waals surface area contributed by atoms with Crippen LogP contribution in [0.1, 0.15) is 46.0 Å². The van der Waals surface area contributed by atoms with Crippen molar-refractivity contribution in [1.29, 1.82) is 0 Å². The molecular formula is C13H22O3. The van der Waals surface area contributed by atoms with E-state index < -0.39 is 0 Å². The second-order valence-corrected chi connectivity index (χ2v) is 5.56. The van der Waals surface area contributed by atoms with Crippen LogP contribution >= 0.6 is 0 Å². The molecule has 0 saturated heterocycles. The van der Waals surface area contributed by atoms with Crippen LogP contribution in [0.25, 0.3) is 0 Å². The van der Waals surface area contributed by atoms with Crippen LogP contribution in [0.15, 0.2) is 0 Å². The molecule has 4 atom stereocenters. The van der Waals surface area contributed by atoms with E-state index in [1.807, 2.05) is 6.92 Å². The molecule has 2 rings (SSSR count). The molecule has 0 amide bonds. The summed E-state index contributed by atoms with van der Waals surface area (Å²) in [7, 11) is 0. The highest BCUT2D eigenvalue weighted by atomic mass is 16.6. The lowest BCUT2D eigenvalue weighted by atomic mass is 9.64. The molecule has 16 heavy (non-hydrogen) atoms. The Morgan fingerprint density at radius 3 is 3.00 bits per heavy atom. The number of ether oxygens (including phenoxy) is 1. The highest BCUT2D eigenvalue weighted by Gasteiger charge is 2.52. The summed E-state index contributed by atoms with van der Waals surface area (Å²) in [4.78, 5) is 11.9. The maximum absolute atomic E-state index is 11.9. The molecule has 0 aromatic rings. The lowest BCUT2D eigenvalue weighted by Crippen LogP contribution is -2.41. The number of Topliss-reactive ketones (excluding diaryl/α,β-unsaturated/α-hetero) is 1. The lowest BCUT2D eigenvalue weighted by molar-refractivity contribution is -0.133. The van der Waals surface area contributed by atoms with E-state index >= 15 is 0 Å². The number of ketones is 1. The van der Waals surface area contributed by atoms with Crippen molar-refractivity contribution in [2.75, 3.05) is 6.79 Å². The van der Waals surface area contributed by atoms with Crippen LogP contribution in [0.5, 0.6) is 0 Å². The van der Waals surface area contributed by atoms with Crippen LogP contribution < -0.4 is 0 Å². The quantitative estimate of drug-likeness (QED) is 0.750. The summed E-state index contributed by atoms with van der Waals surface area (Å²) in [6.45, 7) is 4.05. The van der Waals surface area contributed by atoms with Gasteiger partial charge in [-0.3, -0.25) is 4.79 Å². The predicted molar refractivity (Wildman–Crippen MR) is 60.8 cm³/mol. The van der Waals surface area contributed by atoms with Crippen LogP contribution in [0, 0.1) is 17.3 Å². The van der Waals surface area contributed by atoms with Crippen LogP contribution in [0.2, 0.25) is 0 Å². The fourth-order valence-electron chi connectivity index (χ4n) is 3.97. The van der Waals surface area contributed by atoms with Gasteiger partial charge in [-0.05, 0) is 43.9 Å². The van der Waals surface area contributed by atoms with Crippen LogP contribution in [-0.2, 0) is 9.53 Å². The molecule has 2 fully saturated rings. The third kappa shape index (κ3) is 1.80. The first-order valence-electron chi connectivity index (χ1n) is 6.35. The molecule has 92 valence electrons. The Kier molecular flexibility index (Phi) is 3.36. The minimum Gasteiger partial charge on any atom is -0.371 e. The summed E-state index contributed by atoms with van der Waals surface area (Å²) in [6, 6.07) is 0. The molecule has 3 nitrogen and oxygen atoms in total. The molecule has 0 aromatic heterocycles. The number of fused-ring (bicyclic) bond motifs is 1. The average Bonchev–Trinajstić information content (AvgIpc) is 2.57. The molecule has 1 N–H and O–H groups in total. The topological polar surface area (TPSA) is 46.5 Å². The molecule has 3 heteroatoms. The second-order valence-electron chi connectivity index (χ2n) is 5.56. The van der Waals surface area contributed by atoms with Gasteiger partial charge in [-0.15, -0.1) is 0 Å². The van der Waals surface area contributed by atoms with E-state index in [9.17, 15) is 4.79 Å². The molecule has 0 spiro atoms. The standard InChI is InChI=1S/C13H22O3/c1-9(16-8-14)10-5-6-11-12(15)4-3-7-13(10,11)2/h9-11,14H,3-8H2,1-2H3/t9-,10+,11-,13+/m0/s1. The van der Waals surface area contributed by atoms with Gasteiger partial charge in [0.1, 0.15) is 12.6 Å². The number of carbonyl (C=O) groups excluding carboxylic acids is 1. The Morgan fingerprint density at radius 1 is 1.56 bits per heavy atom. The molecule has 2 aliphatic carbocycles. The Balaban J connectivity index is 2.14. The Hall–Kier alpha value is -0.410. The van der Waals surface area contributed by atoms with E-state index in [0.29, 0.717) is 11.7 Å². The Labute approximate surface area is 97.2 Å². The normalized spacial score (nSPS) is 40.8. The Morgan fingerprint density at radius 2 is 2.31 bits per heavy atom. The molecule has 0 heterocycles. The summed E-state index contributed by atoms with van der Waals surface area (Å²) < 4.78 is 5.32. The van der Waals surface area contributed by atoms with Crippen LogP contribution in [0.3, 0.4) is 0 Å². The van der Waals surface area contributed by atoms with Crippen molar-refractivity contribution >= 4 is 5.78 Å². The van der Waals surface area contributed by atoms with E-state index in [2.05, 4.69) is 6.92 Å². The molecule has 0 aromatic carbocycles. The van der Waals surface area contributed by atoms with Gasteiger partial charge in [-0.2, -0.15) is 0 Å². The maximum Gasteiger partial charge on any atom is 0.143 e. The first-order valence-corrected chi connectivity index (χ1v) is 6.35. The van der Waals surface area contributed by atoms with Crippen molar-refractivity contribution in [1.82, 2.24) is 0 Å². The highest BCUT2D eigenvalue weighted by Crippen LogP contribution is 2.55. The molecule has 0 radical (unpaired) electrons. The van der Waals surface area contributed by atoms with Crippen molar-refractivity contribution in [3.63, 3.8) is 0 Å². The smallest absolute Gasteiger partial charge is 0.143 e. The third-order valence-corrected chi connectivity index (χ3v) is 4.84. The number of hydrogen-bond donors (Lipinski definition) is 1. The van der Waals surface area contributed by atoms with E-state index in [0.717, 1.165) is 32.1 Å². The fourth-order valence-corrected chi connectivity index (χ4v) is 3.97. The molecule has 0 aliphatic heterocycles. The SMILES string of the molecule is C[C@H](OCO)[C@H]1CC[C@H]2C(=O)CCC[C@]12C. The van der Waals surface area contributed by atoms with Gasteiger partial charge in [0.25, 0.3) is 0 Å². The van der Waals surface area contributed by atoms with Crippen LogP contribution in [-0.4, -0.2) is 23.8 Å². The average molecular weight is 226 g/mol. The summed E-state index contributed by atoms with van der Waals surface area (Å²) in [5.41, 5.74) is 0.115. The number of aliphatic hydroxyl groups is 1. The predicted octanol–water partition coefficient (Wildman–Crippen LogP) is 2.13. The van der Waals surface area contributed by atoms with Gasteiger partial charge in [-0.1, -0.05) is 6.92 Å². The summed E-state index contributed by atoms with van der Waals surface area (Å²) >= 11 is 0. The van der Waals surface area contributed by atoms with Crippen LogP contribution in [0.4, 0.5) is 0 Å². The third-order valence-electron chi connectivity index (χ3n) is 4.84. The minimum atomic E-state index is -0.216. The van der Waals surface area contributed by atoms with Crippen molar-refractivity contribution in [2.45, 2.75) is 52.1 Å². The number of hydrogen-bond acceptors (Lipinski definition) is 3. The second kappa shape index (κ2) is 4.46. The van der Waals surface area contributed by atoms with Crippen molar-refractivity contribution < 1.29 is 14.6 Å². The van der Waals surface area contributed by atoms with E-state index in [1.54, 1.807) is 0 Å². The fraction of sp³-hybridized carbons (Fsp3) is 0.923. The van der Waals surface area contributed by atoms with Gasteiger partial charge in [0.15, 0.2) is 0 Å². The molecule has 2 saturated carbocycles. The van der Waals surface area contributed by atoms with Crippen molar-refractivity contribution in [3.8, 4) is 0 Å². The number of rotatable bonds is 3. The number of aliphatic hydroxyl groups excluding tert-OH is 1. The first-order chi connectivity index (χ1) is 7.59. The molecular weight excluding hydrogens is 204 g/mol. The van der Waals surface area contributed by atoms with E-state index in [1.165, 1.54) is 0 Å². The van der Waals surface area contributed by atoms with Gasteiger partial charge >= 0.3 is 0 Å². The number of carbonyl (C=O) groups is 1. The maximum atomic E-state index is 11.9.